The molecule has 2 aromatic carbocycles. The zero-order valence-electron chi connectivity index (χ0n) is 17.2. The summed E-state index contributed by atoms with van der Waals surface area (Å²) >= 11 is 0. The van der Waals surface area contributed by atoms with Gasteiger partial charge >= 0.3 is 5.97 Å². The Bertz CT molecular complexity index is 955. The lowest BCUT2D eigenvalue weighted by Gasteiger charge is -2.37. The van der Waals surface area contributed by atoms with Gasteiger partial charge in [0, 0.05) is 17.6 Å². The van der Waals surface area contributed by atoms with E-state index in [4.69, 9.17) is 10.5 Å². The second kappa shape index (κ2) is 8.19. The fraction of sp³-hybridized carbons (Fsp3) is 0.375. The van der Waals surface area contributed by atoms with Gasteiger partial charge in [-0.3, -0.25) is 4.79 Å². The molecular formula is C24H30N2O2. The Hall–Kier alpha value is -2.59. The van der Waals surface area contributed by atoms with Crippen molar-refractivity contribution < 1.29 is 9.53 Å². The van der Waals surface area contributed by atoms with E-state index < -0.39 is 5.41 Å². The number of esters is 1. The minimum atomic E-state index is -0.823. The Balaban J connectivity index is 2.20. The van der Waals surface area contributed by atoms with E-state index >= 15 is 0 Å². The number of nitrogens with one attached hydrogen (secondary N) is 1. The third-order valence-corrected chi connectivity index (χ3v) is 5.65. The molecule has 0 saturated heterocycles. The maximum Gasteiger partial charge on any atom is 0.316 e. The van der Waals surface area contributed by atoms with E-state index in [-0.39, 0.29) is 11.9 Å². The number of aromatic amines is 1. The molecular weight excluding hydrogens is 348 g/mol. The summed E-state index contributed by atoms with van der Waals surface area (Å²) in [7, 11) is 0. The van der Waals surface area contributed by atoms with E-state index in [1.54, 1.807) is 0 Å². The minimum Gasteiger partial charge on any atom is -0.465 e. The molecule has 2 atom stereocenters. The summed E-state index contributed by atoms with van der Waals surface area (Å²) in [4.78, 5) is 16.6. The molecule has 1 heterocycles. The average molecular weight is 379 g/mol. The minimum absolute atomic E-state index is 0.0861. The lowest BCUT2D eigenvalue weighted by Crippen LogP contribution is -2.41. The molecule has 0 aliphatic carbocycles. The first-order valence-corrected chi connectivity index (χ1v) is 9.93. The van der Waals surface area contributed by atoms with Crippen molar-refractivity contribution >= 4 is 16.9 Å². The Kier molecular flexibility index (Phi) is 5.90. The Labute approximate surface area is 167 Å². The molecule has 0 aliphatic heterocycles. The molecule has 3 N–H and O–H groups in total. The quantitative estimate of drug-likeness (QED) is 0.584. The molecule has 1 aromatic heterocycles. The van der Waals surface area contributed by atoms with Crippen LogP contribution in [0, 0.1) is 13.8 Å². The highest BCUT2D eigenvalue weighted by atomic mass is 16.5. The van der Waals surface area contributed by atoms with Crippen LogP contribution in [0.25, 0.3) is 10.9 Å². The number of nitrogens with two attached hydrogens (primary N) is 1. The predicted molar refractivity (Wildman–Crippen MR) is 115 cm³/mol. The van der Waals surface area contributed by atoms with Gasteiger partial charge in [-0.05, 0) is 75.4 Å². The number of H-pyrrole nitrogens is 1. The summed E-state index contributed by atoms with van der Waals surface area (Å²) in [6, 6.07) is 14.7. The van der Waals surface area contributed by atoms with Crippen LogP contribution in [0.4, 0.5) is 0 Å². The summed E-state index contributed by atoms with van der Waals surface area (Å²) in [6.07, 6.45) is 2.62. The smallest absolute Gasteiger partial charge is 0.316 e. The first-order valence-electron chi connectivity index (χ1n) is 9.93. The normalized spacial score (nSPS) is 14.6. The van der Waals surface area contributed by atoms with Crippen LogP contribution in [0.3, 0.4) is 0 Å². The van der Waals surface area contributed by atoms with E-state index in [0.717, 1.165) is 33.2 Å². The third kappa shape index (κ3) is 3.69. The molecule has 4 nitrogen and oxygen atoms in total. The van der Waals surface area contributed by atoms with Gasteiger partial charge in [0.05, 0.1) is 12.0 Å². The molecule has 28 heavy (non-hydrogen) atoms. The van der Waals surface area contributed by atoms with Crippen molar-refractivity contribution in [2.45, 2.75) is 45.4 Å². The summed E-state index contributed by atoms with van der Waals surface area (Å²) in [5.41, 5.74) is 10.6. The Morgan fingerprint density at radius 3 is 2.50 bits per heavy atom. The van der Waals surface area contributed by atoms with Gasteiger partial charge in [0.2, 0.25) is 0 Å². The lowest BCUT2D eigenvalue weighted by molar-refractivity contribution is -0.150. The second-order valence-electron chi connectivity index (χ2n) is 7.75. The number of hydrogen-bond acceptors (Lipinski definition) is 3. The fourth-order valence-electron chi connectivity index (χ4n) is 4.26. The SMILES string of the molecule is CCOC(=O)C(C)(c1cc(C)cc(C)c1)C(CCN)c1ccc2[nH]ccc2c1. The summed E-state index contributed by atoms with van der Waals surface area (Å²) in [6.45, 7) is 8.82. The number of benzene rings is 2. The predicted octanol–water partition coefficient (Wildman–Crippen LogP) is 4.74. The largest absolute Gasteiger partial charge is 0.465 e. The van der Waals surface area contributed by atoms with Gasteiger partial charge in [-0.2, -0.15) is 0 Å². The molecule has 3 rings (SSSR count). The van der Waals surface area contributed by atoms with E-state index in [9.17, 15) is 4.79 Å². The van der Waals surface area contributed by atoms with Crippen molar-refractivity contribution in [1.82, 2.24) is 4.98 Å². The molecule has 0 saturated carbocycles. The second-order valence-corrected chi connectivity index (χ2v) is 7.75. The zero-order valence-corrected chi connectivity index (χ0v) is 17.2. The zero-order chi connectivity index (χ0) is 20.3. The molecule has 148 valence electrons. The highest BCUT2D eigenvalue weighted by Crippen LogP contribution is 2.43. The summed E-state index contributed by atoms with van der Waals surface area (Å²) in [5.74, 6) is -0.287. The standard InChI is InChI=1S/C24H30N2O2/c1-5-28-23(27)24(4,20-13-16(2)12-17(3)14-20)21(8-10-25)18-6-7-22-19(15-18)9-11-26-22/h6-7,9,11-15,21,26H,5,8,10,25H2,1-4H3. The maximum absolute atomic E-state index is 13.3. The van der Waals surface area contributed by atoms with Crippen molar-refractivity contribution in [2.75, 3.05) is 13.2 Å². The van der Waals surface area contributed by atoms with Gasteiger partial charge in [-0.15, -0.1) is 0 Å². The summed E-state index contributed by atoms with van der Waals surface area (Å²) < 4.78 is 5.58. The maximum atomic E-state index is 13.3. The third-order valence-electron chi connectivity index (χ3n) is 5.65. The first-order chi connectivity index (χ1) is 13.4. The number of hydrogen-bond donors (Lipinski definition) is 2. The van der Waals surface area contributed by atoms with E-state index in [2.05, 4.69) is 61.3 Å². The van der Waals surface area contributed by atoms with Crippen LogP contribution in [-0.4, -0.2) is 24.1 Å². The first kappa shape index (κ1) is 20.2. The van der Waals surface area contributed by atoms with Gasteiger partial charge < -0.3 is 15.5 Å². The number of aryl methyl sites for hydroxylation is 2. The summed E-state index contributed by atoms with van der Waals surface area (Å²) in [5, 5.41) is 1.13. The highest BCUT2D eigenvalue weighted by Gasteiger charge is 2.45. The molecule has 0 radical (unpaired) electrons. The van der Waals surface area contributed by atoms with E-state index in [1.165, 1.54) is 0 Å². The van der Waals surface area contributed by atoms with Crippen LogP contribution in [0.5, 0.6) is 0 Å². The van der Waals surface area contributed by atoms with E-state index in [1.807, 2.05) is 20.0 Å². The van der Waals surface area contributed by atoms with Crippen LogP contribution < -0.4 is 5.73 Å². The van der Waals surface area contributed by atoms with Crippen molar-refractivity contribution in [1.29, 1.82) is 0 Å². The number of aromatic nitrogens is 1. The topological polar surface area (TPSA) is 68.1 Å². The molecule has 4 heteroatoms. The molecule has 0 amide bonds. The van der Waals surface area contributed by atoms with Gasteiger partial charge in [0.25, 0.3) is 0 Å². The molecule has 3 aromatic rings. The number of rotatable bonds is 7. The van der Waals surface area contributed by atoms with Crippen molar-refractivity contribution in [3.8, 4) is 0 Å². The van der Waals surface area contributed by atoms with Crippen molar-refractivity contribution in [3.63, 3.8) is 0 Å². The van der Waals surface area contributed by atoms with Gasteiger partial charge in [-0.25, -0.2) is 0 Å². The van der Waals surface area contributed by atoms with Crippen LogP contribution in [0.15, 0.2) is 48.7 Å². The number of carbonyl (C=O) groups is 1. The van der Waals surface area contributed by atoms with Gasteiger partial charge in [-0.1, -0.05) is 35.4 Å². The molecule has 0 spiro atoms. The van der Waals surface area contributed by atoms with Crippen molar-refractivity contribution in [2.24, 2.45) is 5.73 Å². The highest BCUT2D eigenvalue weighted by molar-refractivity contribution is 5.85. The number of carbonyl (C=O) groups excluding carboxylic acids is 1. The van der Waals surface area contributed by atoms with Gasteiger partial charge in [0.15, 0.2) is 0 Å². The molecule has 2 unspecified atom stereocenters. The van der Waals surface area contributed by atoms with Crippen LogP contribution >= 0.6 is 0 Å². The molecule has 0 aliphatic rings. The van der Waals surface area contributed by atoms with Crippen LogP contribution in [0.2, 0.25) is 0 Å². The van der Waals surface area contributed by atoms with Crippen LogP contribution in [0.1, 0.15) is 48.4 Å². The van der Waals surface area contributed by atoms with Crippen LogP contribution in [-0.2, 0) is 14.9 Å². The lowest BCUT2D eigenvalue weighted by atomic mass is 9.67. The molecule has 0 bridgehead atoms. The monoisotopic (exact) mass is 378 g/mol. The van der Waals surface area contributed by atoms with E-state index in [0.29, 0.717) is 19.6 Å². The number of fused-ring (bicyclic) bond motifs is 1. The number of ether oxygens (including phenoxy) is 1. The fourth-order valence-corrected chi connectivity index (χ4v) is 4.26. The van der Waals surface area contributed by atoms with Crippen molar-refractivity contribution in [3.05, 3.63) is 70.9 Å². The average Bonchev–Trinajstić information content (AvgIpc) is 3.12. The molecule has 0 fully saturated rings. The van der Waals surface area contributed by atoms with Gasteiger partial charge in [0.1, 0.15) is 0 Å². The Morgan fingerprint density at radius 1 is 1.14 bits per heavy atom. The Morgan fingerprint density at radius 2 is 1.86 bits per heavy atom.